The number of aliphatic hydroxyl groups excluding tert-OH is 4. The van der Waals surface area contributed by atoms with Crippen LogP contribution in [0.2, 0.25) is 0 Å². The Morgan fingerprint density at radius 3 is 1.15 bits per heavy atom. The van der Waals surface area contributed by atoms with E-state index in [2.05, 4.69) is 0 Å². The zero-order valence-corrected chi connectivity index (χ0v) is 10.0. The molecule has 0 spiro atoms. The fourth-order valence-electron chi connectivity index (χ4n) is 0.150. The van der Waals surface area contributed by atoms with Gasteiger partial charge in [0.15, 0.2) is 0 Å². The van der Waals surface area contributed by atoms with E-state index in [0.29, 0.717) is 0 Å². The zero-order valence-electron chi connectivity index (χ0n) is 8.49. The summed E-state index contributed by atoms with van der Waals surface area (Å²) >= 11 is 0. The van der Waals surface area contributed by atoms with Gasteiger partial charge < -0.3 is 20.4 Å². The van der Waals surface area contributed by atoms with Gasteiger partial charge >= 0.3 is 0 Å². The van der Waals surface area contributed by atoms with Crippen LogP contribution in [-0.4, -0.2) is 46.4 Å². The van der Waals surface area contributed by atoms with Crippen molar-refractivity contribution in [3.05, 3.63) is 0 Å². The maximum Gasteiger partial charge on any atom is 0.0528 e. The molecule has 0 heterocycles. The molecule has 0 aromatic rings. The third-order valence-corrected chi connectivity index (χ3v) is 1.15. The van der Waals surface area contributed by atoms with E-state index in [9.17, 15) is 0 Å². The quantitative estimate of drug-likeness (QED) is 0.484. The average molecular weight is 228 g/mol. The molecule has 0 aliphatic heterocycles. The van der Waals surface area contributed by atoms with E-state index < -0.39 is 5.41 Å². The molecule has 4 nitrogen and oxygen atoms in total. The van der Waals surface area contributed by atoms with Gasteiger partial charge in [0.05, 0.1) is 19.8 Å². The molecule has 0 atom stereocenters. The predicted octanol–water partition coefficient (Wildman–Crippen LogP) is -0.646. The molecule has 0 aliphatic rings. The summed E-state index contributed by atoms with van der Waals surface area (Å²) in [6.07, 6.45) is -0.167. The van der Waals surface area contributed by atoms with Crippen molar-refractivity contribution in [2.24, 2.45) is 5.41 Å². The van der Waals surface area contributed by atoms with Crippen LogP contribution >= 0.6 is 0 Å². The van der Waals surface area contributed by atoms with Gasteiger partial charge in [-0.3, -0.25) is 0 Å². The van der Waals surface area contributed by atoms with Crippen LogP contribution in [0.3, 0.4) is 0 Å². The van der Waals surface area contributed by atoms with Gasteiger partial charge in [0.2, 0.25) is 0 Å². The fourth-order valence-corrected chi connectivity index (χ4v) is 0.150. The van der Waals surface area contributed by atoms with Crippen LogP contribution in [0.4, 0.5) is 0 Å². The van der Waals surface area contributed by atoms with Crippen LogP contribution in [0.5, 0.6) is 0 Å². The fraction of sp³-hybridized carbons (Fsp3) is 1.00. The first-order valence-electron chi connectivity index (χ1n) is 3.92. The van der Waals surface area contributed by atoms with Gasteiger partial charge in [-0.2, -0.15) is 0 Å². The zero-order chi connectivity index (χ0) is 10.2. The number of hydrogen-bond acceptors (Lipinski definition) is 4. The van der Waals surface area contributed by atoms with Crippen LogP contribution in [0.15, 0.2) is 0 Å². The summed E-state index contributed by atoms with van der Waals surface area (Å²) in [7, 11) is 0. The van der Waals surface area contributed by atoms with Crippen LogP contribution in [0.25, 0.3) is 0 Å². The molecule has 0 aliphatic carbocycles. The minimum Gasteiger partial charge on any atom is -0.396 e. The third kappa shape index (κ3) is 15.3. The average Bonchev–Trinajstić information content (AvgIpc) is 2.02. The van der Waals surface area contributed by atoms with Crippen molar-refractivity contribution in [1.82, 2.24) is 0 Å². The monoisotopic (exact) mass is 228 g/mol. The van der Waals surface area contributed by atoms with Crippen molar-refractivity contribution in [3.8, 4) is 0 Å². The van der Waals surface area contributed by atoms with E-state index in [1.54, 1.807) is 20.8 Å². The minimum absolute atomic E-state index is 0. The van der Waals surface area contributed by atoms with Crippen molar-refractivity contribution in [1.29, 1.82) is 0 Å². The van der Waals surface area contributed by atoms with Crippen LogP contribution < -0.4 is 0 Å². The standard InChI is InChI=1S/C5H12O3.C3H8O.Ti/c1-5(2-6,3-7)4-8;1-3(2)4;/h6-8H,2-4H2,1H3;3-4H,1-2H3;. The molecule has 0 bridgehead atoms. The maximum atomic E-state index is 8.47. The first-order valence-corrected chi connectivity index (χ1v) is 3.92. The Balaban J connectivity index is -0.000000173. The van der Waals surface area contributed by atoms with E-state index in [-0.39, 0.29) is 47.6 Å². The molecule has 0 amide bonds. The molecular weight excluding hydrogens is 208 g/mol. The first kappa shape index (κ1) is 19.2. The number of aliphatic hydroxyl groups is 4. The summed E-state index contributed by atoms with van der Waals surface area (Å²) in [6, 6.07) is 0. The Labute approximate surface area is 94.5 Å². The molecule has 5 heteroatoms. The van der Waals surface area contributed by atoms with Crippen LogP contribution in [-0.2, 0) is 21.7 Å². The molecule has 13 heavy (non-hydrogen) atoms. The molecule has 0 radical (unpaired) electrons. The molecule has 0 aromatic heterocycles. The van der Waals surface area contributed by atoms with Crippen LogP contribution in [0, 0.1) is 5.41 Å². The van der Waals surface area contributed by atoms with Crippen molar-refractivity contribution in [3.63, 3.8) is 0 Å². The Morgan fingerprint density at radius 1 is 1.00 bits per heavy atom. The van der Waals surface area contributed by atoms with E-state index in [4.69, 9.17) is 20.4 Å². The molecule has 0 rings (SSSR count). The SMILES string of the molecule is CC(C)O.CC(CO)(CO)CO.[Ti]. The van der Waals surface area contributed by atoms with Gasteiger partial charge in [-0.1, -0.05) is 6.92 Å². The summed E-state index contributed by atoms with van der Waals surface area (Å²) in [6.45, 7) is 4.51. The van der Waals surface area contributed by atoms with Crippen LogP contribution in [0.1, 0.15) is 20.8 Å². The van der Waals surface area contributed by atoms with E-state index >= 15 is 0 Å². The Kier molecular flexibility index (Phi) is 15.7. The van der Waals surface area contributed by atoms with E-state index in [1.807, 2.05) is 0 Å². The van der Waals surface area contributed by atoms with Gasteiger partial charge in [-0.25, -0.2) is 0 Å². The Bertz CT molecular complexity index is 83.1. The van der Waals surface area contributed by atoms with Crippen molar-refractivity contribution in [2.75, 3.05) is 19.8 Å². The summed E-state index contributed by atoms with van der Waals surface area (Å²) in [5, 5.41) is 33.5. The molecular formula is C8H20O4Ti. The number of hydrogen-bond donors (Lipinski definition) is 4. The van der Waals surface area contributed by atoms with Gasteiger partial charge in [-0.15, -0.1) is 0 Å². The molecule has 0 fully saturated rings. The second-order valence-corrected chi connectivity index (χ2v) is 3.38. The molecule has 0 saturated heterocycles. The Morgan fingerprint density at radius 2 is 1.15 bits per heavy atom. The van der Waals surface area contributed by atoms with Gasteiger partial charge in [0, 0.05) is 33.2 Å². The summed E-state index contributed by atoms with van der Waals surface area (Å²) in [5.74, 6) is 0. The molecule has 4 N–H and O–H groups in total. The minimum atomic E-state index is -0.708. The first-order chi connectivity index (χ1) is 5.41. The van der Waals surface area contributed by atoms with Crippen molar-refractivity contribution < 1.29 is 42.1 Å². The third-order valence-electron chi connectivity index (χ3n) is 1.15. The molecule has 0 saturated carbocycles. The van der Waals surface area contributed by atoms with Crippen molar-refractivity contribution >= 4 is 0 Å². The molecule has 0 unspecified atom stereocenters. The largest absolute Gasteiger partial charge is 0.396 e. The summed E-state index contributed by atoms with van der Waals surface area (Å²) in [4.78, 5) is 0. The summed E-state index contributed by atoms with van der Waals surface area (Å²) in [5.41, 5.74) is -0.708. The normalized spacial score (nSPS) is 10.2. The topological polar surface area (TPSA) is 80.9 Å². The van der Waals surface area contributed by atoms with E-state index in [1.165, 1.54) is 0 Å². The second-order valence-electron chi connectivity index (χ2n) is 3.38. The predicted molar refractivity (Wildman–Crippen MR) is 46.7 cm³/mol. The van der Waals surface area contributed by atoms with Gasteiger partial charge in [0.25, 0.3) is 0 Å². The van der Waals surface area contributed by atoms with E-state index in [0.717, 1.165) is 0 Å². The molecule has 80 valence electrons. The van der Waals surface area contributed by atoms with Gasteiger partial charge in [0.1, 0.15) is 0 Å². The smallest absolute Gasteiger partial charge is 0.0528 e. The van der Waals surface area contributed by atoms with Gasteiger partial charge in [-0.05, 0) is 13.8 Å². The molecule has 0 aromatic carbocycles. The second kappa shape index (κ2) is 10.6. The maximum absolute atomic E-state index is 8.47. The Hall–Kier alpha value is 0.554. The summed E-state index contributed by atoms with van der Waals surface area (Å²) < 4.78 is 0. The number of rotatable bonds is 3. The van der Waals surface area contributed by atoms with Crippen molar-refractivity contribution in [2.45, 2.75) is 26.9 Å².